The Morgan fingerprint density at radius 3 is 2.90 bits per heavy atom. The molecule has 7 heteroatoms. The van der Waals surface area contributed by atoms with Gasteiger partial charge in [0.2, 0.25) is 0 Å². The van der Waals surface area contributed by atoms with Gasteiger partial charge in [0.1, 0.15) is 11.1 Å². The second-order valence-electron chi connectivity index (χ2n) is 3.97. The van der Waals surface area contributed by atoms with E-state index in [-0.39, 0.29) is 0 Å². The van der Waals surface area contributed by atoms with Crippen LogP contribution in [-0.4, -0.2) is 15.0 Å². The third-order valence-corrected chi connectivity index (χ3v) is 3.47. The summed E-state index contributed by atoms with van der Waals surface area (Å²) in [7, 11) is 0. The summed E-state index contributed by atoms with van der Waals surface area (Å²) >= 11 is 1.33. The molecule has 100 valence electrons. The first-order chi connectivity index (χ1) is 9.51. The van der Waals surface area contributed by atoms with Crippen LogP contribution in [0.3, 0.4) is 0 Å². The lowest BCUT2D eigenvalue weighted by atomic mass is 10.1. The van der Waals surface area contributed by atoms with E-state index < -0.39 is 16.4 Å². The van der Waals surface area contributed by atoms with Gasteiger partial charge in [0.15, 0.2) is 5.75 Å². The van der Waals surface area contributed by atoms with Crippen LogP contribution in [0.1, 0.15) is 16.3 Å². The van der Waals surface area contributed by atoms with Crippen LogP contribution >= 0.6 is 11.3 Å². The van der Waals surface area contributed by atoms with Crippen molar-refractivity contribution >= 4 is 28.7 Å². The number of aromatic nitrogens is 1. The molecule has 2 aromatic rings. The minimum atomic E-state index is -0.674. The molecule has 0 atom stereocenters. The molecule has 0 radical (unpaired) electrons. The van der Waals surface area contributed by atoms with Crippen molar-refractivity contribution in [1.82, 2.24) is 4.98 Å². The monoisotopic (exact) mass is 287 g/mol. The number of nitro groups is 1. The highest BCUT2D eigenvalue weighted by atomic mass is 32.1. The Labute approximate surface area is 118 Å². The van der Waals surface area contributed by atoms with Crippen LogP contribution in [-0.2, 0) is 0 Å². The number of rotatable bonds is 3. The van der Waals surface area contributed by atoms with Crippen LogP contribution < -0.4 is 0 Å². The summed E-state index contributed by atoms with van der Waals surface area (Å²) in [5, 5.41) is 31.7. The van der Waals surface area contributed by atoms with E-state index in [0.717, 1.165) is 5.69 Å². The number of nitro benzene ring substituents is 1. The molecule has 0 aliphatic carbocycles. The molecule has 0 aliphatic heterocycles. The van der Waals surface area contributed by atoms with Crippen LogP contribution in [0.4, 0.5) is 5.69 Å². The normalized spacial score (nSPS) is 11.1. The number of phenolic OH excluding ortho intramolecular Hbond substituents is 1. The number of thiazole rings is 1. The average Bonchev–Trinajstić information content (AvgIpc) is 2.84. The molecule has 0 saturated heterocycles. The fraction of sp³-hybridized carbons (Fsp3) is 0.0769. The lowest BCUT2D eigenvalue weighted by Gasteiger charge is -1.98. The molecular formula is C13H9N3O3S. The average molecular weight is 287 g/mol. The van der Waals surface area contributed by atoms with Crippen LogP contribution in [0, 0.1) is 28.4 Å². The molecule has 0 unspecified atom stereocenters. The molecule has 1 N–H and O–H groups in total. The molecule has 20 heavy (non-hydrogen) atoms. The van der Waals surface area contributed by atoms with Crippen molar-refractivity contribution in [1.29, 1.82) is 5.26 Å². The molecule has 6 nitrogen and oxygen atoms in total. The van der Waals surface area contributed by atoms with Crippen molar-refractivity contribution in [3.8, 4) is 11.8 Å². The predicted molar refractivity (Wildman–Crippen MR) is 75.1 cm³/mol. The fourth-order valence-corrected chi connectivity index (χ4v) is 2.33. The van der Waals surface area contributed by atoms with Gasteiger partial charge in [-0.1, -0.05) is 6.07 Å². The third kappa shape index (κ3) is 2.81. The van der Waals surface area contributed by atoms with E-state index in [1.807, 2.05) is 18.4 Å². The molecule has 2 rings (SSSR count). The van der Waals surface area contributed by atoms with Crippen molar-refractivity contribution in [2.75, 3.05) is 0 Å². The molecule has 0 saturated carbocycles. The van der Waals surface area contributed by atoms with Crippen LogP contribution in [0.15, 0.2) is 23.6 Å². The molecule has 0 fully saturated rings. The van der Waals surface area contributed by atoms with E-state index in [4.69, 9.17) is 5.26 Å². The van der Waals surface area contributed by atoms with Crippen LogP contribution in [0.5, 0.6) is 5.75 Å². The Morgan fingerprint density at radius 1 is 1.60 bits per heavy atom. The lowest BCUT2D eigenvalue weighted by Crippen LogP contribution is -1.89. The molecule has 1 heterocycles. The number of phenols is 1. The Kier molecular flexibility index (Phi) is 3.77. The number of benzene rings is 1. The Balaban J connectivity index is 2.46. The molecule has 1 aromatic heterocycles. The second-order valence-corrected chi connectivity index (χ2v) is 4.83. The van der Waals surface area contributed by atoms with E-state index >= 15 is 0 Å². The Bertz CT molecular complexity index is 744. The highest BCUT2D eigenvalue weighted by molar-refractivity contribution is 7.11. The molecule has 0 bridgehead atoms. The van der Waals surface area contributed by atoms with Gasteiger partial charge in [-0.05, 0) is 24.6 Å². The zero-order chi connectivity index (χ0) is 14.7. The second kappa shape index (κ2) is 5.50. The molecule has 0 spiro atoms. The molecule has 0 amide bonds. The van der Waals surface area contributed by atoms with Crippen molar-refractivity contribution in [2.24, 2.45) is 0 Å². The van der Waals surface area contributed by atoms with Crippen LogP contribution in [0.25, 0.3) is 11.6 Å². The van der Waals surface area contributed by atoms with Crippen molar-refractivity contribution in [3.05, 3.63) is 50.0 Å². The summed E-state index contributed by atoms with van der Waals surface area (Å²) in [4.78, 5) is 14.3. The van der Waals surface area contributed by atoms with Gasteiger partial charge >= 0.3 is 5.69 Å². The maximum absolute atomic E-state index is 10.8. The maximum Gasteiger partial charge on any atom is 0.311 e. The lowest BCUT2D eigenvalue weighted by molar-refractivity contribution is -0.385. The number of aromatic hydroxyl groups is 1. The first-order valence-electron chi connectivity index (χ1n) is 5.53. The smallest absolute Gasteiger partial charge is 0.311 e. The highest BCUT2D eigenvalue weighted by Gasteiger charge is 2.13. The summed E-state index contributed by atoms with van der Waals surface area (Å²) in [5.74, 6) is -0.407. The van der Waals surface area contributed by atoms with Gasteiger partial charge in [-0.3, -0.25) is 10.1 Å². The molecular weight excluding hydrogens is 278 g/mol. The van der Waals surface area contributed by atoms with Gasteiger partial charge in [-0.15, -0.1) is 11.3 Å². The van der Waals surface area contributed by atoms with Crippen molar-refractivity contribution in [3.63, 3.8) is 0 Å². The minimum Gasteiger partial charge on any atom is -0.502 e. The topological polar surface area (TPSA) is 100 Å². The van der Waals surface area contributed by atoms with Crippen LogP contribution in [0.2, 0.25) is 0 Å². The summed E-state index contributed by atoms with van der Waals surface area (Å²) in [6.45, 7) is 1.82. The molecule has 1 aromatic carbocycles. The van der Waals surface area contributed by atoms with E-state index in [1.54, 1.807) is 0 Å². The first kappa shape index (κ1) is 13.7. The zero-order valence-corrected chi connectivity index (χ0v) is 11.2. The van der Waals surface area contributed by atoms with E-state index in [9.17, 15) is 15.2 Å². The summed E-state index contributed by atoms with van der Waals surface area (Å²) in [5.41, 5.74) is 1.19. The van der Waals surface area contributed by atoms with E-state index in [1.165, 1.54) is 35.6 Å². The zero-order valence-electron chi connectivity index (χ0n) is 10.4. The quantitative estimate of drug-likeness (QED) is 0.531. The van der Waals surface area contributed by atoms with Gasteiger partial charge in [0.25, 0.3) is 0 Å². The van der Waals surface area contributed by atoms with Gasteiger partial charge < -0.3 is 5.11 Å². The third-order valence-electron chi connectivity index (χ3n) is 2.48. The number of hydrogen-bond donors (Lipinski definition) is 1. The predicted octanol–water partition coefficient (Wildman–Crippen LogP) is 3.13. The minimum absolute atomic E-state index is 0.322. The number of hydrogen-bond acceptors (Lipinski definition) is 6. The van der Waals surface area contributed by atoms with Gasteiger partial charge in [-0.2, -0.15) is 5.26 Å². The number of aryl methyl sites for hydroxylation is 1. The Hall–Kier alpha value is -2.72. The fourth-order valence-electron chi connectivity index (χ4n) is 1.56. The summed E-state index contributed by atoms with van der Waals surface area (Å²) in [6, 6.07) is 5.96. The summed E-state index contributed by atoms with van der Waals surface area (Å²) in [6.07, 6.45) is 1.50. The summed E-state index contributed by atoms with van der Waals surface area (Å²) < 4.78 is 0. The Morgan fingerprint density at radius 2 is 2.35 bits per heavy atom. The van der Waals surface area contributed by atoms with Crippen molar-refractivity contribution in [2.45, 2.75) is 6.92 Å². The highest BCUT2D eigenvalue weighted by Crippen LogP contribution is 2.28. The van der Waals surface area contributed by atoms with Gasteiger partial charge in [-0.25, -0.2) is 4.98 Å². The number of nitriles is 1. The molecule has 0 aliphatic rings. The number of allylic oxidation sites excluding steroid dienone is 1. The van der Waals surface area contributed by atoms with Crippen molar-refractivity contribution < 1.29 is 10.0 Å². The van der Waals surface area contributed by atoms with Gasteiger partial charge in [0.05, 0.1) is 10.5 Å². The van der Waals surface area contributed by atoms with E-state index in [2.05, 4.69) is 4.98 Å². The van der Waals surface area contributed by atoms with E-state index in [0.29, 0.717) is 16.1 Å². The number of nitrogens with zero attached hydrogens (tertiary/aromatic N) is 3. The van der Waals surface area contributed by atoms with Gasteiger partial charge in [0, 0.05) is 17.1 Å². The first-order valence-corrected chi connectivity index (χ1v) is 6.41. The largest absolute Gasteiger partial charge is 0.502 e. The maximum atomic E-state index is 10.8. The standard InChI is InChI=1S/C13H9N3O3S/c1-8-7-20-13(15-8)10(6-14)4-9-2-3-12(17)11(5-9)16(18)19/h2-5,7,17H,1H3. The SMILES string of the molecule is Cc1csc(C(C#N)=Cc2ccc(O)c([N+](=O)[O-])c2)n1.